The summed E-state index contributed by atoms with van der Waals surface area (Å²) >= 11 is 0. The van der Waals surface area contributed by atoms with E-state index in [4.69, 9.17) is 0 Å². The number of benzene rings is 1. The minimum absolute atomic E-state index is 0.385. The molecular formula is C17H15F2N5O. The van der Waals surface area contributed by atoms with Gasteiger partial charge in [0.1, 0.15) is 18.5 Å². The lowest BCUT2D eigenvalue weighted by Crippen LogP contribution is -2.31. The van der Waals surface area contributed by atoms with Crippen molar-refractivity contribution in [2.75, 3.05) is 0 Å². The Morgan fingerprint density at radius 2 is 2.04 bits per heavy atom. The Morgan fingerprint density at radius 1 is 1.24 bits per heavy atom. The molecule has 0 aliphatic carbocycles. The molecule has 1 aromatic carbocycles. The summed E-state index contributed by atoms with van der Waals surface area (Å²) in [6, 6.07) is 9.53. The third-order valence-electron chi connectivity index (χ3n) is 3.64. The normalized spacial score (nSPS) is 11.9. The van der Waals surface area contributed by atoms with Gasteiger partial charge in [0.2, 0.25) is 0 Å². The van der Waals surface area contributed by atoms with E-state index in [-0.39, 0.29) is 6.04 Å². The summed E-state index contributed by atoms with van der Waals surface area (Å²) < 4.78 is 28.4. The number of amides is 1. The first-order valence-electron chi connectivity index (χ1n) is 7.63. The van der Waals surface area contributed by atoms with Gasteiger partial charge in [0, 0.05) is 12.6 Å². The summed E-state index contributed by atoms with van der Waals surface area (Å²) in [7, 11) is 0. The Bertz CT molecular complexity index is 840. The fourth-order valence-electron chi connectivity index (χ4n) is 2.43. The summed E-state index contributed by atoms with van der Waals surface area (Å²) in [5.41, 5.74) is 0.418. The number of hydrogen-bond donors (Lipinski definition) is 1. The molecule has 25 heavy (non-hydrogen) atoms. The molecule has 0 bridgehead atoms. The predicted octanol–water partition coefficient (Wildman–Crippen LogP) is 2.51. The lowest BCUT2D eigenvalue weighted by molar-refractivity contribution is 0.0923. The van der Waals surface area contributed by atoms with Gasteiger partial charge in [0.05, 0.1) is 12.2 Å². The summed E-state index contributed by atoms with van der Waals surface area (Å²) in [4.78, 5) is 19.8. The van der Waals surface area contributed by atoms with Crippen molar-refractivity contribution in [1.29, 1.82) is 0 Å². The molecule has 3 rings (SSSR count). The van der Waals surface area contributed by atoms with E-state index < -0.39 is 23.2 Å². The third kappa shape index (κ3) is 4.23. The first-order valence-corrected chi connectivity index (χ1v) is 7.63. The molecule has 128 valence electrons. The SMILES string of the molecule is O=C(NC(CCn1cncn1)c1ccccc1)c1ncc(F)cc1F. The average Bonchev–Trinajstić information content (AvgIpc) is 3.12. The fraction of sp³-hybridized carbons (Fsp3) is 0.176. The number of aryl methyl sites for hydroxylation is 1. The maximum atomic E-state index is 13.8. The van der Waals surface area contributed by atoms with Crippen molar-refractivity contribution < 1.29 is 13.6 Å². The fourth-order valence-corrected chi connectivity index (χ4v) is 2.43. The highest BCUT2D eigenvalue weighted by Crippen LogP contribution is 2.18. The minimum Gasteiger partial charge on any atom is -0.344 e. The molecule has 0 aliphatic heterocycles. The molecule has 1 atom stereocenters. The third-order valence-corrected chi connectivity index (χ3v) is 3.64. The number of aromatic nitrogens is 4. The zero-order chi connectivity index (χ0) is 17.6. The Labute approximate surface area is 142 Å². The zero-order valence-electron chi connectivity index (χ0n) is 13.1. The van der Waals surface area contributed by atoms with Gasteiger partial charge in [-0.25, -0.2) is 18.7 Å². The number of halogens is 2. The van der Waals surface area contributed by atoms with Gasteiger partial charge in [0.25, 0.3) is 5.91 Å². The van der Waals surface area contributed by atoms with E-state index in [0.717, 1.165) is 11.8 Å². The topological polar surface area (TPSA) is 72.7 Å². The van der Waals surface area contributed by atoms with Crippen molar-refractivity contribution >= 4 is 5.91 Å². The van der Waals surface area contributed by atoms with E-state index in [1.54, 1.807) is 11.0 Å². The van der Waals surface area contributed by atoms with Crippen LogP contribution < -0.4 is 5.32 Å². The largest absolute Gasteiger partial charge is 0.344 e. The minimum atomic E-state index is -0.999. The lowest BCUT2D eigenvalue weighted by atomic mass is 10.0. The van der Waals surface area contributed by atoms with Gasteiger partial charge in [-0.15, -0.1) is 0 Å². The number of rotatable bonds is 6. The van der Waals surface area contributed by atoms with Crippen LogP contribution in [0.3, 0.4) is 0 Å². The van der Waals surface area contributed by atoms with E-state index in [0.29, 0.717) is 19.0 Å². The summed E-state index contributed by atoms with van der Waals surface area (Å²) in [6.45, 7) is 0.513. The van der Waals surface area contributed by atoms with Gasteiger partial charge in [-0.1, -0.05) is 30.3 Å². The van der Waals surface area contributed by atoms with Gasteiger partial charge in [-0.3, -0.25) is 9.48 Å². The van der Waals surface area contributed by atoms with Crippen LogP contribution in [0.5, 0.6) is 0 Å². The lowest BCUT2D eigenvalue weighted by Gasteiger charge is -2.19. The average molecular weight is 343 g/mol. The summed E-state index contributed by atoms with van der Waals surface area (Å²) in [5, 5.41) is 6.77. The molecule has 1 amide bonds. The second-order valence-electron chi connectivity index (χ2n) is 5.37. The van der Waals surface area contributed by atoms with E-state index in [9.17, 15) is 13.6 Å². The molecule has 1 N–H and O–H groups in total. The first-order chi connectivity index (χ1) is 12.1. The summed E-state index contributed by atoms with van der Waals surface area (Å²) in [6.07, 6.45) is 4.33. The van der Waals surface area contributed by atoms with Crippen molar-refractivity contribution in [3.63, 3.8) is 0 Å². The van der Waals surface area contributed by atoms with Crippen LogP contribution in [0.15, 0.2) is 55.2 Å². The zero-order valence-corrected chi connectivity index (χ0v) is 13.1. The molecule has 0 radical (unpaired) electrons. The number of pyridine rings is 1. The van der Waals surface area contributed by atoms with Crippen molar-refractivity contribution in [3.8, 4) is 0 Å². The quantitative estimate of drug-likeness (QED) is 0.746. The van der Waals surface area contributed by atoms with Crippen LogP contribution in [-0.2, 0) is 6.54 Å². The maximum Gasteiger partial charge on any atom is 0.273 e. The number of hydrogen-bond acceptors (Lipinski definition) is 4. The van der Waals surface area contributed by atoms with Crippen LogP contribution >= 0.6 is 0 Å². The van der Waals surface area contributed by atoms with Gasteiger partial charge < -0.3 is 5.32 Å². The van der Waals surface area contributed by atoms with E-state index >= 15 is 0 Å². The van der Waals surface area contributed by atoms with Crippen LogP contribution in [0.2, 0.25) is 0 Å². The second kappa shape index (κ2) is 7.61. The molecule has 0 saturated carbocycles. The number of carbonyl (C=O) groups is 1. The maximum absolute atomic E-state index is 13.8. The van der Waals surface area contributed by atoms with Gasteiger partial charge in [-0.05, 0) is 12.0 Å². The van der Waals surface area contributed by atoms with Gasteiger partial charge in [0.15, 0.2) is 11.5 Å². The highest BCUT2D eigenvalue weighted by molar-refractivity contribution is 5.92. The van der Waals surface area contributed by atoms with Crippen LogP contribution in [0.4, 0.5) is 8.78 Å². The first kappa shape index (κ1) is 16.7. The van der Waals surface area contributed by atoms with Crippen LogP contribution in [0.25, 0.3) is 0 Å². The van der Waals surface area contributed by atoms with Crippen LogP contribution in [0.1, 0.15) is 28.5 Å². The Hall–Kier alpha value is -3.16. The van der Waals surface area contributed by atoms with Crippen molar-refractivity contribution in [1.82, 2.24) is 25.1 Å². The number of nitrogens with one attached hydrogen (secondary N) is 1. The Kier molecular flexibility index (Phi) is 5.08. The molecule has 1 unspecified atom stereocenters. The monoisotopic (exact) mass is 343 g/mol. The van der Waals surface area contributed by atoms with Gasteiger partial charge >= 0.3 is 0 Å². The van der Waals surface area contributed by atoms with Crippen molar-refractivity contribution in [3.05, 3.63) is 78.1 Å². The van der Waals surface area contributed by atoms with E-state index in [2.05, 4.69) is 20.4 Å². The standard InChI is InChI=1S/C17H15F2N5O/c18-13-8-14(19)16(21-9-13)17(25)23-15(12-4-2-1-3-5-12)6-7-24-11-20-10-22-24/h1-5,8-11,15H,6-7H2,(H,23,25). The Balaban J connectivity index is 1.77. The molecule has 0 saturated heterocycles. The van der Waals surface area contributed by atoms with Crippen molar-refractivity contribution in [2.45, 2.75) is 19.0 Å². The van der Waals surface area contributed by atoms with Crippen LogP contribution in [-0.4, -0.2) is 25.7 Å². The molecule has 0 aliphatic rings. The highest BCUT2D eigenvalue weighted by Gasteiger charge is 2.20. The molecule has 8 heteroatoms. The van der Waals surface area contributed by atoms with E-state index in [1.165, 1.54) is 6.33 Å². The van der Waals surface area contributed by atoms with Crippen LogP contribution in [0, 0.1) is 11.6 Å². The van der Waals surface area contributed by atoms with Gasteiger partial charge in [-0.2, -0.15) is 5.10 Å². The second-order valence-corrected chi connectivity index (χ2v) is 5.37. The molecule has 6 nitrogen and oxygen atoms in total. The molecule has 0 fully saturated rings. The Morgan fingerprint density at radius 3 is 2.72 bits per heavy atom. The molecule has 0 spiro atoms. The number of nitrogens with zero attached hydrogens (tertiary/aromatic N) is 4. The van der Waals surface area contributed by atoms with Crippen molar-refractivity contribution in [2.24, 2.45) is 0 Å². The highest BCUT2D eigenvalue weighted by atomic mass is 19.1. The smallest absolute Gasteiger partial charge is 0.273 e. The summed E-state index contributed by atoms with van der Waals surface area (Å²) in [5.74, 6) is -2.54. The predicted molar refractivity (Wildman–Crippen MR) is 85.4 cm³/mol. The molecule has 2 heterocycles. The molecule has 2 aromatic heterocycles. The number of carbonyl (C=O) groups excluding carboxylic acids is 1. The molecule has 3 aromatic rings. The van der Waals surface area contributed by atoms with E-state index in [1.807, 2.05) is 30.3 Å². The molecular weight excluding hydrogens is 328 g/mol.